The van der Waals surface area contributed by atoms with Crippen LogP contribution in [-0.4, -0.2) is 0 Å². The van der Waals surface area contributed by atoms with Gasteiger partial charge >= 0.3 is 0 Å². The average molecular weight is 596 g/mol. The van der Waals surface area contributed by atoms with Crippen molar-refractivity contribution in [2.24, 2.45) is 0 Å². The van der Waals surface area contributed by atoms with Gasteiger partial charge in [0, 0.05) is 48.6 Å². The third kappa shape index (κ3) is 4.13. The third-order valence-corrected chi connectivity index (χ3v) is 11.1. The second kappa shape index (κ2) is 10.1. The van der Waals surface area contributed by atoms with Gasteiger partial charge in [-0.05, 0) is 93.5 Å². The molecule has 45 heavy (non-hydrogen) atoms. The lowest BCUT2D eigenvalue weighted by Gasteiger charge is -2.28. The zero-order valence-electron chi connectivity index (χ0n) is 25.5. The fourth-order valence-corrected chi connectivity index (χ4v) is 8.79. The van der Waals surface area contributed by atoms with Crippen molar-refractivity contribution in [2.75, 3.05) is 4.90 Å². The Kier molecular flexibility index (Phi) is 5.92. The van der Waals surface area contributed by atoms with Crippen molar-refractivity contribution < 1.29 is 0 Å². The summed E-state index contributed by atoms with van der Waals surface area (Å²) in [7, 11) is 0. The van der Waals surface area contributed by atoms with Crippen LogP contribution in [0.1, 0.15) is 42.9 Å². The lowest BCUT2D eigenvalue weighted by atomic mass is 9.82. The van der Waals surface area contributed by atoms with Crippen LogP contribution in [0.4, 0.5) is 17.1 Å². The molecular formula is C43H33NS. The van der Waals surface area contributed by atoms with Crippen LogP contribution >= 0.6 is 11.3 Å². The maximum atomic E-state index is 2.43. The van der Waals surface area contributed by atoms with E-state index >= 15 is 0 Å². The molecule has 0 N–H and O–H groups in total. The number of thiophene rings is 1. The highest BCUT2D eigenvalue weighted by molar-refractivity contribution is 7.26. The van der Waals surface area contributed by atoms with Crippen LogP contribution in [-0.2, 0) is 5.41 Å². The molecule has 7 aromatic rings. The Morgan fingerprint density at radius 1 is 0.622 bits per heavy atom. The molecule has 1 atom stereocenters. The van der Waals surface area contributed by atoms with Crippen LogP contribution in [0.15, 0.2) is 146 Å². The van der Waals surface area contributed by atoms with Gasteiger partial charge in [0.2, 0.25) is 0 Å². The smallest absolute Gasteiger partial charge is 0.0468 e. The molecule has 1 heterocycles. The van der Waals surface area contributed by atoms with Crippen LogP contribution in [0.5, 0.6) is 0 Å². The van der Waals surface area contributed by atoms with E-state index in [0.29, 0.717) is 5.92 Å². The zero-order valence-corrected chi connectivity index (χ0v) is 26.3. The van der Waals surface area contributed by atoms with Crippen molar-refractivity contribution >= 4 is 59.3 Å². The van der Waals surface area contributed by atoms with Gasteiger partial charge in [-0.2, -0.15) is 0 Å². The van der Waals surface area contributed by atoms with Gasteiger partial charge in [0.15, 0.2) is 0 Å². The Labute approximate surface area is 268 Å². The van der Waals surface area contributed by atoms with Gasteiger partial charge in [0.1, 0.15) is 0 Å². The molecule has 0 saturated carbocycles. The molecule has 216 valence electrons. The number of allylic oxidation sites excluding steroid dienone is 4. The Hall–Kier alpha value is -4.92. The normalized spacial score (nSPS) is 16.4. The fraction of sp³-hybridized carbons (Fsp3) is 0.116. The first-order valence-corrected chi connectivity index (χ1v) is 16.7. The summed E-state index contributed by atoms with van der Waals surface area (Å²) in [4.78, 5) is 2.43. The number of hydrogen-bond acceptors (Lipinski definition) is 2. The topological polar surface area (TPSA) is 3.24 Å². The van der Waals surface area contributed by atoms with Crippen molar-refractivity contribution in [2.45, 2.75) is 31.6 Å². The predicted molar refractivity (Wildman–Crippen MR) is 195 cm³/mol. The van der Waals surface area contributed by atoms with E-state index in [1.165, 1.54) is 75.8 Å². The highest BCUT2D eigenvalue weighted by Crippen LogP contribution is 2.51. The molecule has 0 saturated heterocycles. The SMILES string of the molecule is CC1(C)c2ccccc2-c2cc(N(c3ccc(C4C=CC=CC4)cc3)c3ccc4c(ccc5sc6ccccc6c54)c3)ccc21. The standard InChI is InChI=1S/C43H33NS/c1-43(2)38-14-8-6-12-35(38)37-27-33(22-24-39(37)43)44(31-19-16-29(17-20-31)28-10-4-3-5-11-28)32-21-23-34-30(26-32)18-25-41-42(34)36-13-7-9-15-40(36)45-41/h3-10,12-28H,11H2,1-2H3. The maximum Gasteiger partial charge on any atom is 0.0468 e. The highest BCUT2D eigenvalue weighted by atomic mass is 32.1. The summed E-state index contributed by atoms with van der Waals surface area (Å²) in [5, 5.41) is 5.28. The number of fused-ring (bicyclic) bond motifs is 8. The van der Waals surface area contributed by atoms with Gasteiger partial charge in [-0.15, -0.1) is 11.3 Å². The van der Waals surface area contributed by atoms with Gasteiger partial charge in [0.05, 0.1) is 0 Å². The van der Waals surface area contributed by atoms with Crippen molar-refractivity contribution in [3.8, 4) is 11.1 Å². The highest BCUT2D eigenvalue weighted by Gasteiger charge is 2.35. The molecule has 9 rings (SSSR count). The summed E-state index contributed by atoms with van der Waals surface area (Å²) in [6.45, 7) is 4.70. The van der Waals surface area contributed by atoms with E-state index in [4.69, 9.17) is 0 Å². The minimum atomic E-state index is -0.0173. The van der Waals surface area contributed by atoms with E-state index in [-0.39, 0.29) is 5.41 Å². The van der Waals surface area contributed by atoms with E-state index in [9.17, 15) is 0 Å². The number of nitrogens with zero attached hydrogens (tertiary/aromatic N) is 1. The number of hydrogen-bond donors (Lipinski definition) is 0. The molecule has 1 nitrogen and oxygen atoms in total. The van der Waals surface area contributed by atoms with Crippen molar-refractivity contribution in [1.82, 2.24) is 0 Å². The van der Waals surface area contributed by atoms with Crippen LogP contribution in [0.2, 0.25) is 0 Å². The average Bonchev–Trinajstić information content (AvgIpc) is 3.58. The molecule has 2 aliphatic rings. The molecule has 1 unspecified atom stereocenters. The van der Waals surface area contributed by atoms with E-state index in [1.54, 1.807) is 0 Å². The summed E-state index contributed by atoms with van der Waals surface area (Å²) in [6, 6.07) is 45.6. The summed E-state index contributed by atoms with van der Waals surface area (Å²) >= 11 is 1.88. The summed E-state index contributed by atoms with van der Waals surface area (Å²) < 4.78 is 2.69. The Morgan fingerprint density at radius 3 is 2.24 bits per heavy atom. The van der Waals surface area contributed by atoms with Crippen LogP contribution in [0.25, 0.3) is 42.1 Å². The third-order valence-electron chi connectivity index (χ3n) is 9.99. The van der Waals surface area contributed by atoms with Crippen LogP contribution in [0.3, 0.4) is 0 Å². The second-order valence-corrected chi connectivity index (χ2v) is 14.0. The molecule has 2 aliphatic carbocycles. The molecule has 6 aromatic carbocycles. The largest absolute Gasteiger partial charge is 0.310 e. The molecule has 0 spiro atoms. The van der Waals surface area contributed by atoms with Crippen molar-refractivity contribution in [3.63, 3.8) is 0 Å². The Morgan fingerprint density at radius 2 is 1.38 bits per heavy atom. The van der Waals surface area contributed by atoms with Gasteiger partial charge in [0.25, 0.3) is 0 Å². The second-order valence-electron chi connectivity index (χ2n) is 12.9. The summed E-state index contributed by atoms with van der Waals surface area (Å²) in [6.07, 6.45) is 9.94. The van der Waals surface area contributed by atoms with Gasteiger partial charge in [-0.3, -0.25) is 0 Å². The van der Waals surface area contributed by atoms with Gasteiger partial charge in [-0.1, -0.05) is 111 Å². The molecule has 2 heteroatoms. The van der Waals surface area contributed by atoms with E-state index < -0.39 is 0 Å². The van der Waals surface area contributed by atoms with E-state index in [0.717, 1.165) is 6.42 Å². The number of anilines is 3. The van der Waals surface area contributed by atoms with Crippen molar-refractivity contribution in [3.05, 3.63) is 162 Å². The predicted octanol–water partition coefficient (Wildman–Crippen LogP) is 12.6. The first-order valence-electron chi connectivity index (χ1n) is 15.9. The lowest BCUT2D eigenvalue weighted by molar-refractivity contribution is 0.660. The Bertz CT molecular complexity index is 2330. The molecule has 0 fully saturated rings. The monoisotopic (exact) mass is 595 g/mol. The molecule has 0 radical (unpaired) electrons. The van der Waals surface area contributed by atoms with Crippen LogP contribution in [0, 0.1) is 0 Å². The summed E-state index contributed by atoms with van der Waals surface area (Å²) in [5.74, 6) is 0.430. The maximum absolute atomic E-state index is 2.43. The lowest BCUT2D eigenvalue weighted by Crippen LogP contribution is -2.15. The van der Waals surface area contributed by atoms with Gasteiger partial charge < -0.3 is 4.90 Å². The minimum Gasteiger partial charge on any atom is -0.310 e. The number of benzene rings is 6. The van der Waals surface area contributed by atoms with Crippen LogP contribution < -0.4 is 4.90 Å². The fourth-order valence-electron chi connectivity index (χ4n) is 7.67. The zero-order chi connectivity index (χ0) is 30.1. The molecule has 0 amide bonds. The number of rotatable bonds is 4. The van der Waals surface area contributed by atoms with Gasteiger partial charge in [-0.25, -0.2) is 0 Å². The quantitative estimate of drug-likeness (QED) is 0.196. The minimum absolute atomic E-state index is 0.0173. The molecule has 0 aliphatic heterocycles. The molecular weight excluding hydrogens is 563 g/mol. The summed E-state index contributed by atoms with van der Waals surface area (Å²) in [5.41, 5.74) is 10.3. The Balaban J connectivity index is 1.22. The first-order chi connectivity index (χ1) is 22.1. The molecule has 1 aromatic heterocycles. The first kappa shape index (κ1) is 26.5. The van der Waals surface area contributed by atoms with E-state index in [2.05, 4.69) is 164 Å². The molecule has 0 bridgehead atoms. The van der Waals surface area contributed by atoms with Crippen molar-refractivity contribution in [1.29, 1.82) is 0 Å². The van der Waals surface area contributed by atoms with E-state index in [1.807, 2.05) is 11.3 Å².